The van der Waals surface area contributed by atoms with Crippen LogP contribution in [0.5, 0.6) is 0 Å². The molecule has 1 N–H and O–H groups in total. The summed E-state index contributed by atoms with van der Waals surface area (Å²) in [6.45, 7) is 2.97. The van der Waals surface area contributed by atoms with Crippen molar-refractivity contribution in [2.75, 3.05) is 49.6 Å². The van der Waals surface area contributed by atoms with E-state index in [4.69, 9.17) is 4.74 Å². The van der Waals surface area contributed by atoms with Gasteiger partial charge in [0.15, 0.2) is 5.65 Å². The zero-order valence-corrected chi connectivity index (χ0v) is 19.0. The molecular weight excluding hydrogens is 444 g/mol. The first-order valence-electron chi connectivity index (χ1n) is 11.1. The van der Waals surface area contributed by atoms with E-state index in [1.165, 1.54) is 14.9 Å². The van der Waals surface area contributed by atoms with Crippen LogP contribution in [0.15, 0.2) is 47.6 Å². The highest BCUT2D eigenvalue weighted by atomic mass is 32.2. The van der Waals surface area contributed by atoms with Crippen molar-refractivity contribution < 1.29 is 17.9 Å². The second-order valence-corrected chi connectivity index (χ2v) is 10.1. The van der Waals surface area contributed by atoms with Crippen LogP contribution < -0.4 is 10.2 Å². The molecule has 0 atom stereocenters. The lowest BCUT2D eigenvalue weighted by atomic mass is 10.1. The molecule has 1 amide bonds. The quantitative estimate of drug-likeness (QED) is 0.607. The first kappa shape index (κ1) is 21.8. The summed E-state index contributed by atoms with van der Waals surface area (Å²) in [5, 5.41) is 7.10. The van der Waals surface area contributed by atoms with Crippen LogP contribution >= 0.6 is 0 Å². The number of rotatable bonds is 5. The molecule has 2 aliphatic heterocycles. The number of anilines is 2. The first-order chi connectivity index (χ1) is 16.0. The molecule has 0 spiro atoms. The lowest BCUT2D eigenvalue weighted by Gasteiger charge is -2.31. The second-order valence-electron chi connectivity index (χ2n) is 8.13. The van der Waals surface area contributed by atoms with Crippen LogP contribution in [0.25, 0.3) is 5.65 Å². The van der Waals surface area contributed by atoms with E-state index in [9.17, 15) is 13.2 Å². The predicted octanol–water partition coefficient (Wildman–Crippen LogP) is 1.99. The number of ether oxygens (including phenoxy) is 1. The average molecular weight is 471 g/mol. The predicted molar refractivity (Wildman–Crippen MR) is 123 cm³/mol. The summed E-state index contributed by atoms with van der Waals surface area (Å²) in [5.74, 6) is 0.0682. The minimum absolute atomic E-state index is 0.106. The molecule has 2 aromatic heterocycles. The van der Waals surface area contributed by atoms with Crippen molar-refractivity contribution in [1.82, 2.24) is 18.9 Å². The van der Waals surface area contributed by atoms with Crippen molar-refractivity contribution in [2.24, 2.45) is 0 Å². The van der Waals surface area contributed by atoms with Crippen LogP contribution in [-0.2, 0) is 14.8 Å². The van der Waals surface area contributed by atoms with Gasteiger partial charge in [-0.15, -0.1) is 0 Å². The Bertz CT molecular complexity index is 1260. The van der Waals surface area contributed by atoms with Crippen LogP contribution in [0.2, 0.25) is 0 Å². The highest BCUT2D eigenvalue weighted by molar-refractivity contribution is 7.89. The number of aromatic nitrogens is 3. The Hall–Kier alpha value is -3.02. The Morgan fingerprint density at radius 2 is 1.76 bits per heavy atom. The third kappa shape index (κ3) is 4.31. The number of nitrogens with zero attached hydrogens (tertiary/aromatic N) is 5. The maximum absolute atomic E-state index is 13.5. The van der Waals surface area contributed by atoms with Gasteiger partial charge >= 0.3 is 0 Å². The normalized spacial score (nSPS) is 17.9. The van der Waals surface area contributed by atoms with Crippen LogP contribution in [0, 0.1) is 0 Å². The van der Waals surface area contributed by atoms with Crippen LogP contribution in [0.4, 0.5) is 11.5 Å². The largest absolute Gasteiger partial charge is 0.379 e. The number of hydrogen-bond donors (Lipinski definition) is 1. The molecular formula is C22H26N6O4S. The molecule has 2 saturated heterocycles. The molecule has 0 radical (unpaired) electrons. The van der Waals surface area contributed by atoms with E-state index in [-0.39, 0.29) is 4.90 Å². The topological polar surface area (TPSA) is 109 Å². The number of carbonyl (C=O) groups excluding carboxylic acids is 1. The molecule has 0 unspecified atom stereocenters. The molecule has 5 rings (SSSR count). The Kier molecular flexibility index (Phi) is 6.00. The van der Waals surface area contributed by atoms with Gasteiger partial charge in [-0.2, -0.15) is 13.9 Å². The molecule has 1 aromatic carbocycles. The second kappa shape index (κ2) is 9.08. The fourth-order valence-electron chi connectivity index (χ4n) is 4.32. The molecule has 4 heterocycles. The van der Waals surface area contributed by atoms with Gasteiger partial charge in [0.05, 0.1) is 29.9 Å². The van der Waals surface area contributed by atoms with Gasteiger partial charge in [-0.25, -0.2) is 13.4 Å². The Morgan fingerprint density at radius 3 is 2.55 bits per heavy atom. The van der Waals surface area contributed by atoms with Gasteiger partial charge in [0.2, 0.25) is 10.0 Å². The van der Waals surface area contributed by atoms with Crippen molar-refractivity contribution in [3.8, 4) is 0 Å². The van der Waals surface area contributed by atoms with Gasteiger partial charge in [0.1, 0.15) is 5.82 Å². The Balaban J connectivity index is 1.53. The molecule has 33 heavy (non-hydrogen) atoms. The molecule has 0 bridgehead atoms. The van der Waals surface area contributed by atoms with E-state index in [0.717, 1.165) is 38.0 Å². The molecule has 10 nitrogen and oxygen atoms in total. The summed E-state index contributed by atoms with van der Waals surface area (Å²) in [6, 6.07) is 8.25. The lowest BCUT2D eigenvalue weighted by Crippen LogP contribution is -2.40. The van der Waals surface area contributed by atoms with Gasteiger partial charge in [0, 0.05) is 44.1 Å². The van der Waals surface area contributed by atoms with Crippen molar-refractivity contribution in [3.05, 3.63) is 48.3 Å². The SMILES string of the molecule is O=C(Nc1ccnc2ccnn12)c1cc(S(=O)(=O)N2CCOCC2)ccc1N1CCCCC1. The lowest BCUT2D eigenvalue weighted by molar-refractivity contribution is 0.0730. The van der Waals surface area contributed by atoms with E-state index >= 15 is 0 Å². The van der Waals surface area contributed by atoms with Crippen molar-refractivity contribution in [3.63, 3.8) is 0 Å². The number of hydrogen-bond acceptors (Lipinski definition) is 7. The third-order valence-electron chi connectivity index (χ3n) is 6.05. The average Bonchev–Trinajstić information content (AvgIpc) is 3.35. The molecule has 2 fully saturated rings. The Morgan fingerprint density at radius 1 is 0.970 bits per heavy atom. The monoisotopic (exact) mass is 470 g/mol. The van der Waals surface area contributed by atoms with Crippen LogP contribution in [0.3, 0.4) is 0 Å². The van der Waals surface area contributed by atoms with Crippen LogP contribution in [0.1, 0.15) is 29.6 Å². The Labute approximate surface area is 192 Å². The summed E-state index contributed by atoms with van der Waals surface area (Å²) in [5.41, 5.74) is 1.66. The highest BCUT2D eigenvalue weighted by Gasteiger charge is 2.29. The van der Waals surface area contributed by atoms with Gasteiger partial charge in [-0.1, -0.05) is 0 Å². The van der Waals surface area contributed by atoms with Crippen molar-refractivity contribution in [2.45, 2.75) is 24.2 Å². The molecule has 174 valence electrons. The van der Waals surface area contributed by atoms with E-state index in [2.05, 4.69) is 20.3 Å². The van der Waals surface area contributed by atoms with Gasteiger partial charge in [0.25, 0.3) is 5.91 Å². The number of carbonyl (C=O) groups is 1. The summed E-state index contributed by atoms with van der Waals surface area (Å²) < 4.78 is 34.7. The number of morpholine rings is 1. The smallest absolute Gasteiger partial charge is 0.258 e. The zero-order chi connectivity index (χ0) is 22.8. The van der Waals surface area contributed by atoms with E-state index < -0.39 is 15.9 Å². The van der Waals surface area contributed by atoms with Crippen molar-refractivity contribution in [1.29, 1.82) is 0 Å². The first-order valence-corrected chi connectivity index (χ1v) is 12.5. The third-order valence-corrected chi connectivity index (χ3v) is 7.94. The summed E-state index contributed by atoms with van der Waals surface area (Å²) >= 11 is 0. The minimum atomic E-state index is -3.74. The van der Waals surface area contributed by atoms with E-state index in [0.29, 0.717) is 43.3 Å². The van der Waals surface area contributed by atoms with Crippen LogP contribution in [-0.4, -0.2) is 72.6 Å². The number of piperidine rings is 1. The number of amides is 1. The fourth-order valence-corrected chi connectivity index (χ4v) is 5.75. The van der Waals surface area contributed by atoms with Crippen molar-refractivity contribution >= 4 is 33.1 Å². The molecule has 0 aliphatic carbocycles. The number of benzene rings is 1. The summed E-state index contributed by atoms with van der Waals surface area (Å²) in [6.07, 6.45) is 6.42. The minimum Gasteiger partial charge on any atom is -0.379 e. The fraction of sp³-hybridized carbons (Fsp3) is 0.409. The maximum atomic E-state index is 13.5. The van der Waals surface area contributed by atoms with E-state index in [1.54, 1.807) is 36.7 Å². The van der Waals surface area contributed by atoms with E-state index in [1.807, 2.05) is 0 Å². The highest BCUT2D eigenvalue weighted by Crippen LogP contribution is 2.29. The zero-order valence-electron chi connectivity index (χ0n) is 18.2. The molecule has 11 heteroatoms. The number of nitrogens with one attached hydrogen (secondary N) is 1. The molecule has 2 aliphatic rings. The molecule has 0 saturated carbocycles. The van der Waals surface area contributed by atoms with Gasteiger partial charge < -0.3 is 15.0 Å². The number of fused-ring (bicyclic) bond motifs is 1. The standard InChI is InChI=1S/C22H26N6O4S/c29-22(25-21-6-8-23-20-7-9-24-28(20)21)18-16-17(33(30,31)27-12-14-32-15-13-27)4-5-19(18)26-10-2-1-3-11-26/h4-9,16H,1-3,10-15H2,(H,25,29). The molecule has 3 aromatic rings. The number of sulfonamides is 1. The maximum Gasteiger partial charge on any atom is 0.258 e. The summed E-state index contributed by atoms with van der Waals surface area (Å²) in [7, 11) is -3.74. The van der Waals surface area contributed by atoms with Gasteiger partial charge in [-0.3, -0.25) is 4.79 Å². The summed E-state index contributed by atoms with van der Waals surface area (Å²) in [4.78, 5) is 19.9. The van der Waals surface area contributed by atoms with Gasteiger partial charge in [-0.05, 0) is 43.5 Å².